The van der Waals surface area contributed by atoms with E-state index in [-0.39, 0.29) is 11.9 Å². The lowest BCUT2D eigenvalue weighted by atomic mass is 10.0. The van der Waals surface area contributed by atoms with Crippen LogP contribution < -0.4 is 0 Å². The highest BCUT2D eigenvalue weighted by atomic mass is 35.5. The Morgan fingerprint density at radius 3 is 2.36 bits per heavy atom. The van der Waals surface area contributed by atoms with Gasteiger partial charge < -0.3 is 9.64 Å². The molecule has 3 aromatic rings. The summed E-state index contributed by atoms with van der Waals surface area (Å²) in [4.78, 5) is 29.9. The number of ether oxygens (including phenoxy) is 1. The number of hydrogen-bond donors (Lipinski definition) is 0. The molecule has 2 aromatic carbocycles. The van der Waals surface area contributed by atoms with Crippen molar-refractivity contribution in [2.24, 2.45) is 0 Å². The Morgan fingerprint density at radius 1 is 1.03 bits per heavy atom. The average molecular weight is 469 g/mol. The number of halogens is 1. The Balaban J connectivity index is 1.49. The molecule has 0 N–H and O–H groups in total. The van der Waals surface area contributed by atoms with Crippen molar-refractivity contribution in [1.82, 2.24) is 30.0 Å². The molecule has 0 bridgehead atoms. The molecule has 1 aliphatic rings. The molecule has 2 heterocycles. The van der Waals surface area contributed by atoms with Crippen LogP contribution in [-0.4, -0.2) is 75.2 Å². The fraction of sp³-hybridized carbons (Fsp3) is 0.348. The molecule has 2 unspecified atom stereocenters. The van der Waals surface area contributed by atoms with Crippen molar-refractivity contribution in [3.63, 3.8) is 0 Å². The Morgan fingerprint density at radius 2 is 1.73 bits per heavy atom. The van der Waals surface area contributed by atoms with Gasteiger partial charge in [0.1, 0.15) is 18.4 Å². The first-order valence-electron chi connectivity index (χ1n) is 10.7. The van der Waals surface area contributed by atoms with Crippen LogP contribution in [0, 0.1) is 0 Å². The fourth-order valence-corrected chi connectivity index (χ4v) is 4.37. The summed E-state index contributed by atoms with van der Waals surface area (Å²) in [6.07, 6.45) is 1.95. The monoisotopic (exact) mass is 468 g/mol. The van der Waals surface area contributed by atoms with Gasteiger partial charge in [0.2, 0.25) is 5.91 Å². The van der Waals surface area contributed by atoms with Gasteiger partial charge in [-0.25, -0.2) is 9.48 Å². The Labute approximate surface area is 196 Å². The lowest BCUT2D eigenvalue weighted by Gasteiger charge is -2.39. The number of piperazine rings is 1. The normalized spacial score (nSPS) is 16.2. The molecule has 1 saturated heterocycles. The average Bonchev–Trinajstić information content (AvgIpc) is 3.39. The van der Waals surface area contributed by atoms with E-state index >= 15 is 0 Å². The van der Waals surface area contributed by atoms with Gasteiger partial charge in [-0.2, -0.15) is 0 Å². The third-order valence-corrected chi connectivity index (χ3v) is 6.20. The van der Waals surface area contributed by atoms with E-state index in [1.807, 2.05) is 53.4 Å². The quantitative estimate of drug-likeness (QED) is 0.490. The molecule has 33 heavy (non-hydrogen) atoms. The van der Waals surface area contributed by atoms with E-state index < -0.39 is 12.1 Å². The molecule has 1 aliphatic heterocycles. The SMILES string of the molecule is COC(=O)C(c1ccccc1Cl)N1CCN(C(=O)C(Cc2ccccc2)n2cnnn2)CC1. The van der Waals surface area contributed by atoms with Crippen LogP contribution in [0.25, 0.3) is 0 Å². The molecule has 0 radical (unpaired) electrons. The minimum Gasteiger partial charge on any atom is -0.468 e. The van der Waals surface area contributed by atoms with Crippen molar-refractivity contribution in [2.75, 3.05) is 33.3 Å². The molecular formula is C23H25ClN6O3. The minimum atomic E-state index is -0.624. The number of carbonyl (C=O) groups is 2. The van der Waals surface area contributed by atoms with E-state index in [9.17, 15) is 9.59 Å². The maximum Gasteiger partial charge on any atom is 0.327 e. The highest BCUT2D eigenvalue weighted by molar-refractivity contribution is 6.31. The van der Waals surface area contributed by atoms with Crippen molar-refractivity contribution in [1.29, 1.82) is 0 Å². The summed E-state index contributed by atoms with van der Waals surface area (Å²) >= 11 is 6.37. The van der Waals surface area contributed by atoms with Gasteiger partial charge in [-0.1, -0.05) is 60.1 Å². The number of benzene rings is 2. The number of methoxy groups -OCH3 is 1. The summed E-state index contributed by atoms with van der Waals surface area (Å²) in [7, 11) is 1.37. The Bertz CT molecular complexity index is 1070. The van der Waals surface area contributed by atoms with Gasteiger partial charge in [0.05, 0.1) is 7.11 Å². The molecule has 1 amide bonds. The largest absolute Gasteiger partial charge is 0.468 e. The molecule has 10 heteroatoms. The summed E-state index contributed by atoms with van der Waals surface area (Å²) < 4.78 is 6.56. The van der Waals surface area contributed by atoms with Crippen molar-refractivity contribution >= 4 is 23.5 Å². The first kappa shape index (κ1) is 22.9. The number of nitrogens with zero attached hydrogens (tertiary/aromatic N) is 6. The van der Waals surface area contributed by atoms with Gasteiger partial charge in [0.25, 0.3) is 0 Å². The summed E-state index contributed by atoms with van der Waals surface area (Å²) in [6.45, 7) is 1.93. The second-order valence-corrected chi connectivity index (χ2v) is 8.21. The van der Waals surface area contributed by atoms with Crippen molar-refractivity contribution in [2.45, 2.75) is 18.5 Å². The maximum atomic E-state index is 13.5. The van der Waals surface area contributed by atoms with Crippen LogP contribution in [0.1, 0.15) is 23.2 Å². The number of rotatable bonds is 7. The fourth-order valence-electron chi connectivity index (χ4n) is 4.14. The molecular weight excluding hydrogens is 444 g/mol. The standard InChI is InChI=1S/C23H25ClN6O3/c1-33-23(32)21(18-9-5-6-10-19(18)24)28-11-13-29(14-12-28)22(31)20(30-16-25-26-27-30)15-17-7-3-2-4-8-17/h2-10,16,20-21H,11-15H2,1H3. The Hall–Kier alpha value is -3.30. The van der Waals surface area contributed by atoms with Crippen LogP contribution in [0.2, 0.25) is 5.02 Å². The van der Waals surface area contributed by atoms with E-state index in [0.29, 0.717) is 43.2 Å². The van der Waals surface area contributed by atoms with Crippen LogP contribution in [0.15, 0.2) is 60.9 Å². The van der Waals surface area contributed by atoms with Crippen LogP contribution in [0.5, 0.6) is 0 Å². The first-order chi connectivity index (χ1) is 16.1. The molecule has 2 atom stereocenters. The van der Waals surface area contributed by atoms with E-state index in [0.717, 1.165) is 5.56 Å². The molecule has 4 rings (SSSR count). The molecule has 0 spiro atoms. The number of carbonyl (C=O) groups excluding carboxylic acids is 2. The number of tetrazole rings is 1. The minimum absolute atomic E-state index is 0.0573. The zero-order chi connectivity index (χ0) is 23.2. The topological polar surface area (TPSA) is 93.5 Å². The highest BCUT2D eigenvalue weighted by Crippen LogP contribution is 2.30. The molecule has 0 aliphatic carbocycles. The molecule has 1 aromatic heterocycles. The summed E-state index contributed by atoms with van der Waals surface area (Å²) in [5.74, 6) is -0.434. The number of hydrogen-bond acceptors (Lipinski definition) is 7. The lowest BCUT2D eigenvalue weighted by Crippen LogP contribution is -2.52. The molecule has 0 saturated carbocycles. The third-order valence-electron chi connectivity index (χ3n) is 5.86. The van der Waals surface area contributed by atoms with Crippen LogP contribution in [-0.2, 0) is 20.7 Å². The van der Waals surface area contributed by atoms with Gasteiger partial charge in [0, 0.05) is 37.6 Å². The van der Waals surface area contributed by atoms with E-state index in [1.165, 1.54) is 18.1 Å². The zero-order valence-electron chi connectivity index (χ0n) is 18.2. The second-order valence-electron chi connectivity index (χ2n) is 7.80. The summed E-state index contributed by atoms with van der Waals surface area (Å²) in [5.41, 5.74) is 1.72. The predicted octanol–water partition coefficient (Wildman–Crippen LogP) is 2.17. The van der Waals surface area contributed by atoms with Gasteiger partial charge in [0.15, 0.2) is 0 Å². The lowest BCUT2D eigenvalue weighted by molar-refractivity contribution is -0.149. The third kappa shape index (κ3) is 5.20. The molecule has 1 fully saturated rings. The number of aromatic nitrogens is 4. The van der Waals surface area contributed by atoms with Crippen molar-refractivity contribution in [3.8, 4) is 0 Å². The summed E-state index contributed by atoms with van der Waals surface area (Å²) in [5, 5.41) is 11.9. The van der Waals surface area contributed by atoms with Crippen LogP contribution >= 0.6 is 11.6 Å². The first-order valence-corrected chi connectivity index (χ1v) is 11.1. The summed E-state index contributed by atoms with van der Waals surface area (Å²) in [6, 6.07) is 15.9. The number of amides is 1. The van der Waals surface area contributed by atoms with Gasteiger partial charge >= 0.3 is 5.97 Å². The highest BCUT2D eigenvalue weighted by Gasteiger charge is 2.35. The molecule has 9 nitrogen and oxygen atoms in total. The van der Waals surface area contributed by atoms with Crippen molar-refractivity contribution in [3.05, 3.63) is 77.1 Å². The van der Waals surface area contributed by atoms with Crippen molar-refractivity contribution < 1.29 is 14.3 Å². The maximum absolute atomic E-state index is 13.5. The van der Waals surface area contributed by atoms with Gasteiger partial charge in [-0.3, -0.25) is 9.69 Å². The van der Waals surface area contributed by atoms with Crippen LogP contribution in [0.3, 0.4) is 0 Å². The van der Waals surface area contributed by atoms with Crippen LogP contribution in [0.4, 0.5) is 0 Å². The predicted molar refractivity (Wildman–Crippen MR) is 121 cm³/mol. The number of esters is 1. The van der Waals surface area contributed by atoms with Gasteiger partial charge in [-0.15, -0.1) is 5.10 Å². The van der Waals surface area contributed by atoms with E-state index in [4.69, 9.17) is 16.3 Å². The Kier molecular flexibility index (Phi) is 7.31. The van der Waals surface area contributed by atoms with E-state index in [2.05, 4.69) is 15.5 Å². The smallest absolute Gasteiger partial charge is 0.327 e. The zero-order valence-corrected chi connectivity index (χ0v) is 19.0. The van der Waals surface area contributed by atoms with E-state index in [1.54, 1.807) is 11.0 Å². The van der Waals surface area contributed by atoms with Gasteiger partial charge in [-0.05, 0) is 27.6 Å². The second kappa shape index (κ2) is 10.5. The molecule has 172 valence electrons.